The number of hydrogen-bond acceptors (Lipinski definition) is 2. The van der Waals surface area contributed by atoms with Crippen molar-refractivity contribution < 1.29 is 18.3 Å². The lowest BCUT2D eigenvalue weighted by molar-refractivity contribution is -0.0596. The van der Waals surface area contributed by atoms with Crippen LogP contribution in [-0.2, 0) is 0 Å². The van der Waals surface area contributed by atoms with Gasteiger partial charge in [-0.25, -0.2) is 0 Å². The van der Waals surface area contributed by atoms with E-state index in [1.54, 1.807) is 30.3 Å². The van der Waals surface area contributed by atoms with Crippen molar-refractivity contribution in [2.24, 2.45) is 4.99 Å². The monoisotopic (exact) mass is 231 g/mol. The van der Waals surface area contributed by atoms with Crippen LogP contribution in [0.4, 0.5) is 13.2 Å². The first kappa shape index (κ1) is 12.7. The molecular formula is C11H12F3NO. The summed E-state index contributed by atoms with van der Waals surface area (Å²) in [5.74, 6) is 0. The Bertz CT molecular complexity index is 359. The van der Waals surface area contributed by atoms with Crippen molar-refractivity contribution in [1.29, 1.82) is 0 Å². The number of halogens is 3. The molecule has 0 aliphatic heterocycles. The Kier molecular flexibility index (Phi) is 4.06. The first-order valence-electron chi connectivity index (χ1n) is 4.72. The average Bonchev–Trinajstić information content (AvgIpc) is 2.25. The number of nitrogens with zero attached hydrogens (tertiary/aromatic N) is 1. The molecule has 0 saturated carbocycles. The molecule has 0 aromatic heterocycles. The Labute approximate surface area is 91.4 Å². The van der Waals surface area contributed by atoms with Gasteiger partial charge in [-0.1, -0.05) is 30.3 Å². The van der Waals surface area contributed by atoms with Crippen LogP contribution in [0.5, 0.6) is 0 Å². The molecule has 1 atom stereocenters. The predicted molar refractivity (Wildman–Crippen MR) is 55.4 cm³/mol. The lowest BCUT2D eigenvalue weighted by Crippen LogP contribution is -2.21. The van der Waals surface area contributed by atoms with Gasteiger partial charge in [-0.2, -0.15) is 13.2 Å². The number of benzene rings is 1. The van der Waals surface area contributed by atoms with E-state index in [9.17, 15) is 13.2 Å². The molecule has 0 unspecified atom stereocenters. The highest BCUT2D eigenvalue weighted by Gasteiger charge is 2.32. The minimum atomic E-state index is -4.44. The third-order valence-corrected chi connectivity index (χ3v) is 2.12. The zero-order valence-corrected chi connectivity index (χ0v) is 8.70. The largest absolute Gasteiger partial charge is 0.428 e. The number of rotatable bonds is 3. The van der Waals surface area contributed by atoms with E-state index in [0.717, 1.165) is 6.92 Å². The minimum Gasteiger partial charge on any atom is -0.394 e. The minimum absolute atomic E-state index is 0.447. The number of hydrogen-bond donors (Lipinski definition) is 1. The summed E-state index contributed by atoms with van der Waals surface area (Å²) in [6.07, 6.45) is -4.44. The van der Waals surface area contributed by atoms with Gasteiger partial charge in [-0.05, 0) is 12.5 Å². The molecule has 88 valence electrons. The van der Waals surface area contributed by atoms with E-state index in [0.29, 0.717) is 5.56 Å². The summed E-state index contributed by atoms with van der Waals surface area (Å²) in [5, 5.41) is 9.02. The van der Waals surface area contributed by atoms with Gasteiger partial charge >= 0.3 is 6.18 Å². The maximum Gasteiger partial charge on any atom is 0.428 e. The Balaban J connectivity index is 2.93. The van der Waals surface area contributed by atoms with E-state index in [4.69, 9.17) is 5.11 Å². The van der Waals surface area contributed by atoms with Gasteiger partial charge in [0, 0.05) is 0 Å². The Morgan fingerprint density at radius 1 is 1.31 bits per heavy atom. The van der Waals surface area contributed by atoms with Gasteiger partial charge in [-0.3, -0.25) is 4.99 Å². The van der Waals surface area contributed by atoms with E-state index >= 15 is 0 Å². The summed E-state index contributed by atoms with van der Waals surface area (Å²) in [7, 11) is 0. The van der Waals surface area contributed by atoms with Crippen molar-refractivity contribution in [2.75, 3.05) is 6.61 Å². The highest BCUT2D eigenvalue weighted by atomic mass is 19.4. The van der Waals surface area contributed by atoms with Crippen molar-refractivity contribution in [3.8, 4) is 0 Å². The van der Waals surface area contributed by atoms with Crippen LogP contribution in [-0.4, -0.2) is 23.6 Å². The van der Waals surface area contributed by atoms with Gasteiger partial charge in [0.1, 0.15) is 5.71 Å². The summed E-state index contributed by atoms with van der Waals surface area (Å²) >= 11 is 0. The van der Waals surface area contributed by atoms with Crippen LogP contribution in [0.1, 0.15) is 18.5 Å². The van der Waals surface area contributed by atoms with Crippen molar-refractivity contribution in [3.63, 3.8) is 0 Å². The molecule has 0 fully saturated rings. The second kappa shape index (κ2) is 5.12. The SMILES string of the molecule is CC(=N[C@@H](CO)c1ccccc1)C(F)(F)F. The number of alkyl halides is 3. The number of aliphatic hydroxyl groups is 1. The van der Waals surface area contributed by atoms with Crippen molar-refractivity contribution in [1.82, 2.24) is 0 Å². The third-order valence-electron chi connectivity index (χ3n) is 2.12. The molecule has 0 bridgehead atoms. The fraction of sp³-hybridized carbons (Fsp3) is 0.364. The fourth-order valence-corrected chi connectivity index (χ4v) is 1.20. The molecule has 16 heavy (non-hydrogen) atoms. The molecule has 0 amide bonds. The summed E-state index contributed by atoms with van der Waals surface area (Å²) < 4.78 is 36.7. The zero-order valence-electron chi connectivity index (χ0n) is 8.70. The molecule has 1 rings (SSSR count). The van der Waals surface area contributed by atoms with E-state index in [1.807, 2.05) is 0 Å². The second-order valence-corrected chi connectivity index (χ2v) is 3.32. The van der Waals surface area contributed by atoms with Crippen molar-refractivity contribution in [3.05, 3.63) is 35.9 Å². The summed E-state index contributed by atoms with van der Waals surface area (Å²) in [5.41, 5.74) is -0.371. The van der Waals surface area contributed by atoms with Crippen molar-refractivity contribution >= 4 is 5.71 Å². The molecule has 1 N–H and O–H groups in total. The van der Waals surface area contributed by atoms with Crippen LogP contribution in [0.3, 0.4) is 0 Å². The Hall–Kier alpha value is -1.36. The lowest BCUT2D eigenvalue weighted by Gasteiger charge is -2.13. The first-order valence-corrected chi connectivity index (χ1v) is 4.72. The van der Waals surface area contributed by atoms with Gasteiger partial charge in [0.05, 0.1) is 12.6 Å². The summed E-state index contributed by atoms with van der Waals surface area (Å²) in [6, 6.07) is 7.54. The van der Waals surface area contributed by atoms with Gasteiger partial charge in [0.25, 0.3) is 0 Å². The topological polar surface area (TPSA) is 32.6 Å². The highest BCUT2D eigenvalue weighted by Crippen LogP contribution is 2.22. The summed E-state index contributed by atoms with van der Waals surface area (Å²) in [6.45, 7) is 0.447. The molecule has 2 nitrogen and oxygen atoms in total. The lowest BCUT2D eigenvalue weighted by atomic mass is 10.1. The molecule has 0 aliphatic carbocycles. The molecule has 1 aromatic carbocycles. The average molecular weight is 231 g/mol. The predicted octanol–water partition coefficient (Wildman–Crippen LogP) is 2.74. The van der Waals surface area contributed by atoms with E-state index in [-0.39, 0.29) is 0 Å². The number of aliphatic hydroxyl groups excluding tert-OH is 1. The smallest absolute Gasteiger partial charge is 0.394 e. The molecular weight excluding hydrogens is 219 g/mol. The van der Waals surface area contributed by atoms with Crippen LogP contribution in [0, 0.1) is 0 Å². The molecule has 0 aliphatic rings. The van der Waals surface area contributed by atoms with Crippen LogP contribution >= 0.6 is 0 Å². The van der Waals surface area contributed by atoms with Gasteiger partial charge in [0.2, 0.25) is 0 Å². The second-order valence-electron chi connectivity index (χ2n) is 3.32. The standard InChI is InChI=1S/C11H12F3NO/c1-8(11(12,13)14)15-10(7-16)9-5-3-2-4-6-9/h2-6,10,16H,7H2,1H3/t10-/m0/s1. The third kappa shape index (κ3) is 3.34. The highest BCUT2D eigenvalue weighted by molar-refractivity contribution is 5.87. The Morgan fingerprint density at radius 3 is 2.31 bits per heavy atom. The normalized spacial score (nSPS) is 14.9. The summed E-state index contributed by atoms with van der Waals surface area (Å²) in [4.78, 5) is 3.48. The number of aliphatic imine (C=N–C) groups is 1. The van der Waals surface area contributed by atoms with E-state index in [2.05, 4.69) is 4.99 Å². The van der Waals surface area contributed by atoms with Gasteiger partial charge in [0.15, 0.2) is 0 Å². The van der Waals surface area contributed by atoms with Crippen LogP contribution in [0.2, 0.25) is 0 Å². The maximum absolute atomic E-state index is 12.2. The molecule has 0 saturated heterocycles. The molecule has 0 spiro atoms. The van der Waals surface area contributed by atoms with Crippen LogP contribution in [0.15, 0.2) is 35.3 Å². The quantitative estimate of drug-likeness (QED) is 0.797. The fourth-order valence-electron chi connectivity index (χ4n) is 1.20. The van der Waals surface area contributed by atoms with Crippen LogP contribution < -0.4 is 0 Å². The van der Waals surface area contributed by atoms with Crippen molar-refractivity contribution in [2.45, 2.75) is 19.1 Å². The molecule has 0 radical (unpaired) electrons. The van der Waals surface area contributed by atoms with Gasteiger partial charge in [-0.15, -0.1) is 0 Å². The van der Waals surface area contributed by atoms with E-state index < -0.39 is 24.5 Å². The molecule has 5 heteroatoms. The first-order chi connectivity index (χ1) is 7.45. The van der Waals surface area contributed by atoms with Crippen LogP contribution in [0.25, 0.3) is 0 Å². The maximum atomic E-state index is 12.2. The van der Waals surface area contributed by atoms with E-state index in [1.165, 1.54) is 0 Å². The molecule has 0 heterocycles. The zero-order chi connectivity index (χ0) is 12.2. The Morgan fingerprint density at radius 2 is 1.88 bits per heavy atom. The van der Waals surface area contributed by atoms with Gasteiger partial charge < -0.3 is 5.11 Å². The molecule has 1 aromatic rings.